The summed E-state index contributed by atoms with van der Waals surface area (Å²) in [7, 11) is 0. The van der Waals surface area contributed by atoms with Crippen LogP contribution >= 0.6 is 0 Å². The lowest BCUT2D eigenvalue weighted by Crippen LogP contribution is -2.45. The summed E-state index contributed by atoms with van der Waals surface area (Å²) in [5, 5.41) is 7.00. The molecular formula is C20H35N5. The first-order valence-corrected chi connectivity index (χ1v) is 9.72. The Morgan fingerprint density at radius 2 is 2.04 bits per heavy atom. The van der Waals surface area contributed by atoms with Crippen molar-refractivity contribution in [3.8, 4) is 0 Å². The molecule has 0 amide bonds. The molecule has 1 saturated heterocycles. The van der Waals surface area contributed by atoms with Crippen molar-refractivity contribution in [2.45, 2.75) is 46.2 Å². The van der Waals surface area contributed by atoms with Gasteiger partial charge in [0.2, 0.25) is 0 Å². The lowest BCUT2D eigenvalue weighted by Gasteiger charge is -2.24. The lowest BCUT2D eigenvalue weighted by molar-refractivity contribution is 0.240. The van der Waals surface area contributed by atoms with Crippen molar-refractivity contribution in [1.29, 1.82) is 0 Å². The van der Waals surface area contributed by atoms with Crippen LogP contribution in [-0.4, -0.2) is 62.2 Å². The second-order valence-electron chi connectivity index (χ2n) is 6.89. The van der Waals surface area contributed by atoms with Crippen molar-refractivity contribution in [1.82, 2.24) is 15.5 Å². The molecule has 0 saturated carbocycles. The molecule has 0 spiro atoms. The van der Waals surface area contributed by atoms with Gasteiger partial charge < -0.3 is 15.5 Å². The van der Waals surface area contributed by atoms with Crippen LogP contribution in [0.15, 0.2) is 35.3 Å². The average molecular weight is 346 g/mol. The fourth-order valence-electron chi connectivity index (χ4n) is 3.34. The summed E-state index contributed by atoms with van der Waals surface area (Å²) in [5.74, 6) is 0.947. The van der Waals surface area contributed by atoms with E-state index in [-0.39, 0.29) is 0 Å². The van der Waals surface area contributed by atoms with Gasteiger partial charge in [0.05, 0.1) is 6.54 Å². The van der Waals surface area contributed by atoms with Crippen LogP contribution in [0.4, 0.5) is 5.69 Å². The summed E-state index contributed by atoms with van der Waals surface area (Å²) < 4.78 is 0. The Labute approximate surface area is 153 Å². The highest BCUT2D eigenvalue weighted by molar-refractivity contribution is 5.80. The first-order valence-electron chi connectivity index (χ1n) is 9.72. The van der Waals surface area contributed by atoms with Gasteiger partial charge in [0, 0.05) is 44.0 Å². The summed E-state index contributed by atoms with van der Waals surface area (Å²) in [6.07, 6.45) is 1.15. The molecule has 1 aromatic rings. The van der Waals surface area contributed by atoms with E-state index in [1.165, 1.54) is 5.69 Å². The molecule has 5 nitrogen and oxygen atoms in total. The first-order chi connectivity index (χ1) is 12.1. The van der Waals surface area contributed by atoms with Gasteiger partial charge in [-0.3, -0.25) is 9.89 Å². The van der Waals surface area contributed by atoms with Crippen LogP contribution in [0.25, 0.3) is 0 Å². The summed E-state index contributed by atoms with van der Waals surface area (Å²) in [6.45, 7) is 14.7. The molecule has 1 atom stereocenters. The highest BCUT2D eigenvalue weighted by Crippen LogP contribution is 2.19. The molecular weight excluding hydrogens is 310 g/mol. The van der Waals surface area contributed by atoms with E-state index in [4.69, 9.17) is 4.99 Å². The molecule has 2 N–H and O–H groups in total. The lowest BCUT2D eigenvalue weighted by atomic mass is 10.3. The van der Waals surface area contributed by atoms with Crippen LogP contribution in [0.1, 0.15) is 34.1 Å². The maximum atomic E-state index is 4.78. The highest BCUT2D eigenvalue weighted by atomic mass is 15.2. The molecule has 2 rings (SSSR count). The summed E-state index contributed by atoms with van der Waals surface area (Å²) in [4.78, 5) is 9.67. The van der Waals surface area contributed by atoms with E-state index in [0.717, 1.165) is 51.6 Å². The van der Waals surface area contributed by atoms with Gasteiger partial charge in [0.25, 0.3) is 0 Å². The van der Waals surface area contributed by atoms with Gasteiger partial charge in [-0.05, 0) is 45.9 Å². The number of benzene rings is 1. The third kappa shape index (κ3) is 6.24. The Morgan fingerprint density at radius 1 is 1.28 bits per heavy atom. The van der Waals surface area contributed by atoms with Crippen LogP contribution < -0.4 is 15.5 Å². The van der Waals surface area contributed by atoms with Crippen LogP contribution in [0, 0.1) is 0 Å². The smallest absolute Gasteiger partial charge is 0.191 e. The predicted molar refractivity (Wildman–Crippen MR) is 109 cm³/mol. The van der Waals surface area contributed by atoms with Crippen molar-refractivity contribution >= 4 is 11.6 Å². The molecule has 0 aromatic heterocycles. The van der Waals surface area contributed by atoms with E-state index in [2.05, 4.69) is 78.5 Å². The Hall–Kier alpha value is -1.75. The van der Waals surface area contributed by atoms with E-state index >= 15 is 0 Å². The van der Waals surface area contributed by atoms with Gasteiger partial charge in [0.15, 0.2) is 5.96 Å². The molecule has 0 radical (unpaired) electrons. The zero-order valence-electron chi connectivity index (χ0n) is 16.3. The molecule has 0 bridgehead atoms. The number of guanidine groups is 1. The van der Waals surface area contributed by atoms with Crippen LogP contribution in [0.5, 0.6) is 0 Å². The van der Waals surface area contributed by atoms with Gasteiger partial charge in [-0.25, -0.2) is 0 Å². The molecule has 5 heteroatoms. The SMILES string of the molecule is CCNC(=NCCN(CC)C(C)C)NC1CCN(c2ccccc2)C1. The topological polar surface area (TPSA) is 42.9 Å². The number of hydrogen-bond donors (Lipinski definition) is 2. The normalized spacial score (nSPS) is 18.2. The van der Waals surface area contributed by atoms with Gasteiger partial charge >= 0.3 is 0 Å². The summed E-state index contributed by atoms with van der Waals surface area (Å²) in [5.41, 5.74) is 1.31. The standard InChI is InChI=1S/C20H35N5/c1-5-21-20(22-13-15-24(6-2)17(3)4)23-18-12-14-25(16-18)19-10-8-7-9-11-19/h7-11,17-18H,5-6,12-16H2,1-4H3,(H2,21,22,23). The number of hydrogen-bond acceptors (Lipinski definition) is 3. The highest BCUT2D eigenvalue weighted by Gasteiger charge is 2.23. The van der Waals surface area contributed by atoms with Gasteiger partial charge in [0.1, 0.15) is 0 Å². The minimum Gasteiger partial charge on any atom is -0.369 e. The minimum atomic E-state index is 0.449. The molecule has 1 fully saturated rings. The average Bonchev–Trinajstić information content (AvgIpc) is 3.08. The Balaban J connectivity index is 1.85. The molecule has 25 heavy (non-hydrogen) atoms. The molecule has 1 aliphatic heterocycles. The number of likely N-dealkylation sites (N-methyl/N-ethyl adjacent to an activating group) is 1. The molecule has 0 aliphatic carbocycles. The number of nitrogens with zero attached hydrogens (tertiary/aromatic N) is 3. The monoisotopic (exact) mass is 345 g/mol. The maximum Gasteiger partial charge on any atom is 0.191 e. The largest absolute Gasteiger partial charge is 0.369 e. The van der Waals surface area contributed by atoms with E-state index < -0.39 is 0 Å². The van der Waals surface area contributed by atoms with Crippen molar-refractivity contribution < 1.29 is 0 Å². The van der Waals surface area contributed by atoms with Gasteiger partial charge in [-0.2, -0.15) is 0 Å². The third-order valence-electron chi connectivity index (χ3n) is 4.79. The second kappa shape index (κ2) is 10.3. The van der Waals surface area contributed by atoms with E-state index in [0.29, 0.717) is 12.1 Å². The summed E-state index contributed by atoms with van der Waals surface area (Å²) >= 11 is 0. The molecule has 1 unspecified atom stereocenters. The number of nitrogens with one attached hydrogen (secondary N) is 2. The molecule has 1 heterocycles. The summed E-state index contributed by atoms with van der Waals surface area (Å²) in [6, 6.07) is 11.7. The fraction of sp³-hybridized carbons (Fsp3) is 0.650. The van der Waals surface area contributed by atoms with Crippen molar-refractivity contribution in [3.63, 3.8) is 0 Å². The van der Waals surface area contributed by atoms with Gasteiger partial charge in [-0.1, -0.05) is 25.1 Å². The van der Waals surface area contributed by atoms with Crippen molar-refractivity contribution in [2.75, 3.05) is 44.2 Å². The second-order valence-corrected chi connectivity index (χ2v) is 6.89. The number of para-hydroxylation sites is 1. The van der Waals surface area contributed by atoms with E-state index in [9.17, 15) is 0 Å². The molecule has 140 valence electrons. The third-order valence-corrected chi connectivity index (χ3v) is 4.79. The number of aliphatic imine (C=N–C) groups is 1. The minimum absolute atomic E-state index is 0.449. The van der Waals surface area contributed by atoms with Crippen LogP contribution in [0.3, 0.4) is 0 Å². The zero-order valence-corrected chi connectivity index (χ0v) is 16.3. The number of anilines is 1. The van der Waals surface area contributed by atoms with E-state index in [1.807, 2.05) is 0 Å². The quantitative estimate of drug-likeness (QED) is 0.561. The van der Waals surface area contributed by atoms with Crippen LogP contribution in [0.2, 0.25) is 0 Å². The fourth-order valence-corrected chi connectivity index (χ4v) is 3.34. The number of rotatable bonds is 8. The van der Waals surface area contributed by atoms with Gasteiger partial charge in [-0.15, -0.1) is 0 Å². The Kier molecular flexibility index (Phi) is 8.06. The Morgan fingerprint density at radius 3 is 2.68 bits per heavy atom. The maximum absolute atomic E-state index is 4.78. The first kappa shape index (κ1) is 19.6. The van der Waals surface area contributed by atoms with Crippen molar-refractivity contribution in [2.24, 2.45) is 4.99 Å². The molecule has 1 aliphatic rings. The molecule has 1 aromatic carbocycles. The predicted octanol–water partition coefficient (Wildman–Crippen LogP) is 2.55. The Bertz CT molecular complexity index is 514. The zero-order chi connectivity index (χ0) is 18.1. The van der Waals surface area contributed by atoms with Crippen molar-refractivity contribution in [3.05, 3.63) is 30.3 Å². The van der Waals surface area contributed by atoms with Crippen LogP contribution in [-0.2, 0) is 0 Å². The van der Waals surface area contributed by atoms with E-state index in [1.54, 1.807) is 0 Å².